The molecule has 1 aliphatic rings. The Morgan fingerprint density at radius 1 is 1.45 bits per heavy atom. The molecule has 1 fully saturated rings. The van der Waals surface area contributed by atoms with Crippen LogP contribution in [0.15, 0.2) is 0 Å². The van der Waals surface area contributed by atoms with Crippen LogP contribution in [0.5, 0.6) is 0 Å². The van der Waals surface area contributed by atoms with E-state index in [1.807, 2.05) is 14.0 Å². The zero-order chi connectivity index (χ0) is 14.5. The number of amides is 1. The maximum atomic E-state index is 12.2. The van der Waals surface area contributed by atoms with Crippen molar-refractivity contribution in [1.29, 1.82) is 0 Å². The maximum Gasteiger partial charge on any atom is 0.256 e. The molecule has 0 bridgehead atoms. The molecule has 20 heavy (non-hydrogen) atoms. The van der Waals surface area contributed by atoms with Gasteiger partial charge in [-0.25, -0.2) is 0 Å². The fourth-order valence-corrected chi connectivity index (χ4v) is 3.38. The van der Waals surface area contributed by atoms with E-state index in [0.717, 1.165) is 29.6 Å². The second-order valence-corrected chi connectivity index (χ2v) is 6.29. The molecule has 0 spiro atoms. The van der Waals surface area contributed by atoms with Crippen molar-refractivity contribution >= 4 is 22.4 Å². The smallest absolute Gasteiger partial charge is 0.256 e. The van der Waals surface area contributed by atoms with Crippen LogP contribution in [-0.2, 0) is 0 Å². The Morgan fingerprint density at radius 2 is 2.15 bits per heavy atom. The molecule has 5 nitrogen and oxygen atoms in total. The second-order valence-electron chi connectivity index (χ2n) is 5.51. The van der Waals surface area contributed by atoms with Gasteiger partial charge in [0.1, 0.15) is 5.00 Å². The number of nitrogens with zero attached hydrogens (tertiary/aromatic N) is 2. The minimum atomic E-state index is -0.00599. The van der Waals surface area contributed by atoms with Crippen molar-refractivity contribution in [2.24, 2.45) is 5.92 Å². The minimum Gasteiger partial charge on any atom is -0.378 e. The molecule has 6 heteroatoms. The van der Waals surface area contributed by atoms with Crippen LogP contribution < -0.4 is 10.6 Å². The van der Waals surface area contributed by atoms with Gasteiger partial charge in [-0.2, -0.15) is 4.37 Å². The van der Waals surface area contributed by atoms with Gasteiger partial charge in [0.05, 0.1) is 11.3 Å². The number of aromatic nitrogens is 1. The van der Waals surface area contributed by atoms with Crippen LogP contribution in [0.3, 0.4) is 0 Å². The summed E-state index contributed by atoms with van der Waals surface area (Å²) in [6.45, 7) is 4.99. The van der Waals surface area contributed by atoms with E-state index < -0.39 is 0 Å². The first-order chi connectivity index (χ1) is 9.61. The lowest BCUT2D eigenvalue weighted by Gasteiger charge is -2.28. The summed E-state index contributed by atoms with van der Waals surface area (Å²) in [5, 5.41) is 6.91. The van der Waals surface area contributed by atoms with Crippen LogP contribution in [0, 0.1) is 12.8 Å². The monoisotopic (exact) mass is 296 g/mol. The van der Waals surface area contributed by atoms with Crippen LogP contribution in [0.25, 0.3) is 0 Å². The topological polar surface area (TPSA) is 57.3 Å². The summed E-state index contributed by atoms with van der Waals surface area (Å²) in [6, 6.07) is 0. The molecule has 2 N–H and O–H groups in total. The predicted octanol–water partition coefficient (Wildman–Crippen LogP) is 1.95. The summed E-state index contributed by atoms with van der Waals surface area (Å²) in [6.07, 6.45) is 3.56. The fraction of sp³-hybridized carbons (Fsp3) is 0.714. The number of aryl methyl sites for hydroxylation is 1. The zero-order valence-corrected chi connectivity index (χ0v) is 13.3. The van der Waals surface area contributed by atoms with E-state index in [0.29, 0.717) is 5.56 Å². The van der Waals surface area contributed by atoms with E-state index in [-0.39, 0.29) is 5.91 Å². The Balaban J connectivity index is 1.79. The largest absolute Gasteiger partial charge is 0.378 e. The number of rotatable bonds is 5. The molecular weight excluding hydrogens is 272 g/mol. The molecule has 0 aromatic carbocycles. The molecule has 0 radical (unpaired) electrons. The number of anilines is 1. The van der Waals surface area contributed by atoms with Crippen LogP contribution in [0.2, 0.25) is 0 Å². The summed E-state index contributed by atoms with van der Waals surface area (Å²) < 4.78 is 4.23. The molecule has 0 aliphatic carbocycles. The van der Waals surface area contributed by atoms with E-state index in [1.54, 1.807) is 0 Å². The standard InChI is InChI=1S/C14H24N4OS/c1-10-12(14(15-2)20-17-10)13(19)16-7-4-11-5-8-18(3)9-6-11/h11,15H,4-9H2,1-3H3,(H,16,19). The summed E-state index contributed by atoms with van der Waals surface area (Å²) >= 11 is 1.34. The minimum absolute atomic E-state index is 0.00599. The summed E-state index contributed by atoms with van der Waals surface area (Å²) in [5.74, 6) is 0.741. The van der Waals surface area contributed by atoms with Crippen molar-refractivity contribution in [2.75, 3.05) is 39.0 Å². The van der Waals surface area contributed by atoms with Gasteiger partial charge in [-0.3, -0.25) is 4.79 Å². The van der Waals surface area contributed by atoms with Gasteiger partial charge in [-0.05, 0) is 63.8 Å². The first-order valence-electron chi connectivity index (χ1n) is 7.22. The normalized spacial score (nSPS) is 17.1. The molecule has 2 rings (SSSR count). The first-order valence-corrected chi connectivity index (χ1v) is 8.00. The molecular formula is C14H24N4OS. The van der Waals surface area contributed by atoms with Crippen LogP contribution in [0.4, 0.5) is 5.00 Å². The molecule has 112 valence electrons. The molecule has 1 saturated heterocycles. The van der Waals surface area contributed by atoms with Gasteiger partial charge in [-0.1, -0.05) is 0 Å². The van der Waals surface area contributed by atoms with Gasteiger partial charge in [0.2, 0.25) is 0 Å². The quantitative estimate of drug-likeness (QED) is 0.872. The van der Waals surface area contributed by atoms with Crippen LogP contribution >= 0.6 is 11.5 Å². The Hall–Kier alpha value is -1.14. The molecule has 1 amide bonds. The Labute approximate surface area is 124 Å². The molecule has 0 atom stereocenters. The maximum absolute atomic E-state index is 12.2. The molecule has 1 aromatic heterocycles. The molecule has 0 saturated carbocycles. The Kier molecular flexibility index (Phi) is 5.37. The molecule has 1 aliphatic heterocycles. The second kappa shape index (κ2) is 7.04. The first kappa shape index (κ1) is 15.3. The summed E-state index contributed by atoms with van der Waals surface area (Å²) in [4.78, 5) is 14.6. The number of hydrogen-bond donors (Lipinski definition) is 2. The Morgan fingerprint density at radius 3 is 2.80 bits per heavy atom. The lowest BCUT2D eigenvalue weighted by molar-refractivity contribution is 0.0949. The number of likely N-dealkylation sites (tertiary alicyclic amines) is 1. The van der Waals surface area contributed by atoms with Crippen molar-refractivity contribution in [3.63, 3.8) is 0 Å². The van der Waals surface area contributed by atoms with E-state index in [4.69, 9.17) is 0 Å². The average molecular weight is 296 g/mol. The van der Waals surface area contributed by atoms with E-state index >= 15 is 0 Å². The highest BCUT2D eigenvalue weighted by atomic mass is 32.1. The van der Waals surface area contributed by atoms with Crippen LogP contribution in [0.1, 0.15) is 35.3 Å². The van der Waals surface area contributed by atoms with Crippen molar-refractivity contribution in [3.8, 4) is 0 Å². The molecule has 1 aromatic rings. The van der Waals surface area contributed by atoms with E-state index in [9.17, 15) is 4.79 Å². The number of carbonyl (C=O) groups excluding carboxylic acids is 1. The van der Waals surface area contributed by atoms with Gasteiger partial charge in [0.25, 0.3) is 5.91 Å². The average Bonchev–Trinajstić information content (AvgIpc) is 2.82. The van der Waals surface area contributed by atoms with Crippen molar-refractivity contribution in [2.45, 2.75) is 26.2 Å². The lowest BCUT2D eigenvalue weighted by atomic mass is 9.94. The molecule has 2 heterocycles. The zero-order valence-electron chi connectivity index (χ0n) is 12.5. The van der Waals surface area contributed by atoms with E-state index in [1.165, 1.54) is 37.5 Å². The van der Waals surface area contributed by atoms with Gasteiger partial charge in [0.15, 0.2) is 0 Å². The predicted molar refractivity (Wildman–Crippen MR) is 83.6 cm³/mol. The van der Waals surface area contributed by atoms with Gasteiger partial charge in [-0.15, -0.1) is 0 Å². The highest BCUT2D eigenvalue weighted by Gasteiger charge is 2.19. The number of hydrogen-bond acceptors (Lipinski definition) is 5. The highest BCUT2D eigenvalue weighted by molar-refractivity contribution is 7.10. The van der Waals surface area contributed by atoms with Gasteiger partial charge < -0.3 is 15.5 Å². The number of carbonyl (C=O) groups is 1. The number of nitrogens with one attached hydrogen (secondary N) is 2. The summed E-state index contributed by atoms with van der Waals surface area (Å²) in [7, 11) is 3.99. The van der Waals surface area contributed by atoms with Gasteiger partial charge >= 0.3 is 0 Å². The third kappa shape index (κ3) is 3.70. The fourth-order valence-electron chi connectivity index (χ4n) is 2.64. The van der Waals surface area contributed by atoms with Crippen LogP contribution in [-0.4, -0.2) is 48.9 Å². The molecule has 0 unspecified atom stereocenters. The third-order valence-electron chi connectivity index (χ3n) is 3.99. The van der Waals surface area contributed by atoms with Crippen molar-refractivity contribution < 1.29 is 4.79 Å². The number of piperidine rings is 1. The summed E-state index contributed by atoms with van der Waals surface area (Å²) in [5.41, 5.74) is 1.50. The highest BCUT2D eigenvalue weighted by Crippen LogP contribution is 2.24. The van der Waals surface area contributed by atoms with Crippen molar-refractivity contribution in [1.82, 2.24) is 14.6 Å². The van der Waals surface area contributed by atoms with Crippen molar-refractivity contribution in [3.05, 3.63) is 11.3 Å². The third-order valence-corrected chi connectivity index (χ3v) is 4.95. The Bertz CT molecular complexity index is 452. The SMILES string of the molecule is CNc1snc(C)c1C(=O)NCCC1CCN(C)CC1. The van der Waals surface area contributed by atoms with Gasteiger partial charge in [0, 0.05) is 13.6 Å². The van der Waals surface area contributed by atoms with E-state index in [2.05, 4.69) is 27.0 Å². The lowest BCUT2D eigenvalue weighted by Crippen LogP contribution is -2.32.